The number of pyridine rings is 2. The molecule has 3 heterocycles. The van der Waals surface area contributed by atoms with Crippen molar-refractivity contribution in [2.24, 2.45) is 0 Å². The van der Waals surface area contributed by atoms with Gasteiger partial charge in [0.2, 0.25) is 0 Å². The molecule has 0 atom stereocenters. The Balaban J connectivity index is 1.56. The van der Waals surface area contributed by atoms with Crippen molar-refractivity contribution in [1.82, 2.24) is 14.9 Å². The van der Waals surface area contributed by atoms with Crippen molar-refractivity contribution >= 4 is 22.4 Å². The number of aromatic nitrogens is 2. The van der Waals surface area contributed by atoms with Gasteiger partial charge in [-0.2, -0.15) is 0 Å². The molecule has 1 fully saturated rings. The second kappa shape index (κ2) is 8.26. The van der Waals surface area contributed by atoms with Crippen molar-refractivity contribution < 1.29 is 4.74 Å². The molecule has 1 aromatic carbocycles. The smallest absolute Gasteiger partial charge is 0.135 e. The third kappa shape index (κ3) is 4.06. The van der Waals surface area contributed by atoms with E-state index >= 15 is 0 Å². The maximum Gasteiger partial charge on any atom is 0.135 e. The second-order valence-corrected chi connectivity index (χ2v) is 6.76. The van der Waals surface area contributed by atoms with Crippen LogP contribution in [0.4, 0.5) is 11.6 Å². The van der Waals surface area contributed by atoms with E-state index in [9.17, 15) is 0 Å². The van der Waals surface area contributed by atoms with Gasteiger partial charge in [-0.3, -0.25) is 4.90 Å². The van der Waals surface area contributed by atoms with Gasteiger partial charge in [0, 0.05) is 55.4 Å². The van der Waals surface area contributed by atoms with Gasteiger partial charge in [-0.25, -0.2) is 9.97 Å². The summed E-state index contributed by atoms with van der Waals surface area (Å²) < 4.78 is 5.40. The van der Waals surface area contributed by atoms with Crippen molar-refractivity contribution in [2.75, 3.05) is 44.4 Å². The van der Waals surface area contributed by atoms with Crippen LogP contribution in [0.1, 0.15) is 16.7 Å². The summed E-state index contributed by atoms with van der Waals surface area (Å²) in [4.78, 5) is 11.0. The van der Waals surface area contributed by atoms with E-state index < -0.39 is 0 Å². The lowest BCUT2D eigenvalue weighted by molar-refractivity contribution is 0.0342. The summed E-state index contributed by atoms with van der Waals surface area (Å²) in [6.45, 7) is 4.56. The molecule has 0 bridgehead atoms. The molecular weight excluding hydrogens is 350 g/mol. The Morgan fingerprint density at radius 1 is 1.07 bits per heavy atom. The molecule has 2 aromatic heterocycles. The van der Waals surface area contributed by atoms with Crippen molar-refractivity contribution in [3.8, 4) is 11.8 Å². The number of fused-ring (bicyclic) bond motifs is 1. The highest BCUT2D eigenvalue weighted by molar-refractivity contribution is 5.96. The Bertz CT molecular complexity index is 1030. The molecule has 6 heteroatoms. The molecule has 3 aromatic rings. The average molecular weight is 373 g/mol. The summed E-state index contributed by atoms with van der Waals surface area (Å²) in [7, 11) is 1.84. The molecule has 142 valence electrons. The molecule has 0 saturated carbocycles. The number of rotatable bonds is 3. The predicted molar refractivity (Wildman–Crippen MR) is 112 cm³/mol. The minimum atomic E-state index is 0.469. The first-order chi connectivity index (χ1) is 13.7. The SMILES string of the molecule is CNc1ncc(C#Cc2ccc(CN3CCOCC3)cc2)c2cc(N)ncc12. The summed E-state index contributed by atoms with van der Waals surface area (Å²) in [6.07, 6.45) is 3.50. The van der Waals surface area contributed by atoms with Crippen LogP contribution in [0.2, 0.25) is 0 Å². The Labute approximate surface area is 164 Å². The first-order valence-electron chi connectivity index (χ1n) is 9.36. The predicted octanol–water partition coefficient (Wildman–Crippen LogP) is 2.49. The van der Waals surface area contributed by atoms with Gasteiger partial charge >= 0.3 is 0 Å². The van der Waals surface area contributed by atoms with E-state index in [1.807, 2.05) is 13.1 Å². The number of anilines is 2. The van der Waals surface area contributed by atoms with E-state index in [1.165, 1.54) is 5.56 Å². The first kappa shape index (κ1) is 18.2. The minimum Gasteiger partial charge on any atom is -0.384 e. The molecule has 0 amide bonds. The average Bonchev–Trinajstić information content (AvgIpc) is 2.73. The van der Waals surface area contributed by atoms with Crippen LogP contribution in [-0.4, -0.2) is 48.2 Å². The lowest BCUT2D eigenvalue weighted by atomic mass is 10.1. The lowest BCUT2D eigenvalue weighted by Crippen LogP contribution is -2.35. The van der Waals surface area contributed by atoms with Crippen molar-refractivity contribution in [2.45, 2.75) is 6.54 Å². The molecule has 0 aliphatic carbocycles. The van der Waals surface area contributed by atoms with Gasteiger partial charge in [0.15, 0.2) is 0 Å². The van der Waals surface area contributed by atoms with Crippen LogP contribution in [0.5, 0.6) is 0 Å². The maximum absolute atomic E-state index is 5.87. The van der Waals surface area contributed by atoms with Crippen molar-refractivity contribution in [3.05, 3.63) is 59.4 Å². The molecule has 1 saturated heterocycles. The maximum atomic E-state index is 5.87. The van der Waals surface area contributed by atoms with Gasteiger partial charge in [0.25, 0.3) is 0 Å². The van der Waals surface area contributed by atoms with Crippen LogP contribution in [-0.2, 0) is 11.3 Å². The van der Waals surface area contributed by atoms with E-state index in [0.717, 1.165) is 60.6 Å². The Morgan fingerprint density at radius 2 is 1.86 bits per heavy atom. The highest BCUT2D eigenvalue weighted by Gasteiger charge is 2.10. The summed E-state index contributed by atoms with van der Waals surface area (Å²) in [5, 5.41) is 4.93. The molecule has 1 aliphatic heterocycles. The fourth-order valence-corrected chi connectivity index (χ4v) is 3.30. The Hall–Kier alpha value is -3.14. The van der Waals surface area contributed by atoms with Crippen molar-refractivity contribution in [1.29, 1.82) is 0 Å². The van der Waals surface area contributed by atoms with Crippen LogP contribution in [0.25, 0.3) is 10.8 Å². The summed E-state index contributed by atoms with van der Waals surface area (Å²) in [6, 6.07) is 10.3. The molecule has 0 unspecified atom stereocenters. The number of ether oxygens (including phenoxy) is 1. The van der Waals surface area contributed by atoms with E-state index in [-0.39, 0.29) is 0 Å². The highest BCUT2D eigenvalue weighted by Crippen LogP contribution is 2.24. The second-order valence-electron chi connectivity index (χ2n) is 6.76. The molecule has 3 N–H and O–H groups in total. The zero-order valence-corrected chi connectivity index (χ0v) is 15.9. The van der Waals surface area contributed by atoms with Gasteiger partial charge < -0.3 is 15.8 Å². The van der Waals surface area contributed by atoms with Gasteiger partial charge in [-0.15, -0.1) is 0 Å². The number of nitrogen functional groups attached to an aromatic ring is 1. The van der Waals surface area contributed by atoms with Crippen LogP contribution in [0.3, 0.4) is 0 Å². The fourth-order valence-electron chi connectivity index (χ4n) is 3.30. The third-order valence-electron chi connectivity index (χ3n) is 4.84. The molecular formula is C22H23N5O. The van der Waals surface area contributed by atoms with Crippen molar-refractivity contribution in [3.63, 3.8) is 0 Å². The monoisotopic (exact) mass is 373 g/mol. The molecule has 0 radical (unpaired) electrons. The topological polar surface area (TPSA) is 76.3 Å². The lowest BCUT2D eigenvalue weighted by Gasteiger charge is -2.26. The number of benzene rings is 1. The van der Waals surface area contributed by atoms with E-state index in [0.29, 0.717) is 5.82 Å². The van der Waals surface area contributed by atoms with Crippen LogP contribution in [0, 0.1) is 11.8 Å². The molecule has 1 aliphatic rings. The number of hydrogen-bond donors (Lipinski definition) is 2. The van der Waals surface area contributed by atoms with Gasteiger partial charge in [-0.1, -0.05) is 24.0 Å². The molecule has 0 spiro atoms. The van der Waals surface area contributed by atoms with Crippen LogP contribution in [0.15, 0.2) is 42.7 Å². The highest BCUT2D eigenvalue weighted by atomic mass is 16.5. The van der Waals surface area contributed by atoms with Crippen LogP contribution >= 0.6 is 0 Å². The molecule has 6 nitrogen and oxygen atoms in total. The Kier molecular flexibility index (Phi) is 5.38. The van der Waals surface area contributed by atoms with Gasteiger partial charge in [-0.05, 0) is 23.8 Å². The van der Waals surface area contributed by atoms with E-state index in [2.05, 4.69) is 56.3 Å². The normalized spacial score (nSPS) is 14.5. The zero-order chi connectivity index (χ0) is 19.3. The largest absolute Gasteiger partial charge is 0.384 e. The van der Waals surface area contributed by atoms with Gasteiger partial charge in [0.1, 0.15) is 11.6 Å². The summed E-state index contributed by atoms with van der Waals surface area (Å²) >= 11 is 0. The fraction of sp³-hybridized carbons (Fsp3) is 0.273. The third-order valence-corrected chi connectivity index (χ3v) is 4.84. The number of nitrogens with two attached hydrogens (primary N) is 1. The van der Waals surface area contributed by atoms with Crippen LogP contribution < -0.4 is 11.1 Å². The minimum absolute atomic E-state index is 0.469. The quantitative estimate of drug-likeness (QED) is 0.687. The molecule has 4 rings (SSSR count). The Morgan fingerprint density at radius 3 is 2.61 bits per heavy atom. The van der Waals surface area contributed by atoms with Gasteiger partial charge in [0.05, 0.1) is 18.8 Å². The standard InChI is InChI=1S/C22H23N5O/c1-24-22-20-14-25-21(23)12-19(20)18(13-26-22)7-6-16-2-4-17(5-3-16)15-27-8-10-28-11-9-27/h2-5,12-14H,8-11,15H2,1H3,(H2,23,25)(H,24,26). The molecule has 28 heavy (non-hydrogen) atoms. The zero-order valence-electron chi connectivity index (χ0n) is 15.9. The number of nitrogens with one attached hydrogen (secondary N) is 1. The van der Waals surface area contributed by atoms with E-state index in [4.69, 9.17) is 10.5 Å². The summed E-state index contributed by atoms with van der Waals surface area (Å²) in [5.41, 5.74) is 8.97. The number of hydrogen-bond acceptors (Lipinski definition) is 6. The number of nitrogens with zero attached hydrogens (tertiary/aromatic N) is 3. The summed E-state index contributed by atoms with van der Waals surface area (Å²) in [5.74, 6) is 7.70. The van der Waals surface area contributed by atoms with E-state index in [1.54, 1.807) is 12.4 Å². The first-order valence-corrected chi connectivity index (χ1v) is 9.36. The number of morpholine rings is 1.